The van der Waals surface area contributed by atoms with Gasteiger partial charge < -0.3 is 4.90 Å². The number of rotatable bonds is 8. The molecule has 2 aromatic rings. The average molecular weight is 389 g/mol. The summed E-state index contributed by atoms with van der Waals surface area (Å²) < 4.78 is 28.2. The Morgan fingerprint density at radius 2 is 1.67 bits per heavy atom. The van der Waals surface area contributed by atoms with Crippen LogP contribution in [0.4, 0.5) is 5.69 Å². The number of hydrogen-bond donors (Lipinski definition) is 1. The molecule has 146 valence electrons. The molecular weight excluding hydrogens is 360 g/mol. The molecule has 0 saturated heterocycles. The molecule has 0 saturated carbocycles. The average Bonchev–Trinajstić information content (AvgIpc) is 2.63. The largest absolute Gasteiger partial charge is 0.339 e. The Hall–Kier alpha value is -2.34. The number of aryl methyl sites for hydroxylation is 2. The second-order valence-corrected chi connectivity index (χ2v) is 8.43. The topological polar surface area (TPSA) is 66.5 Å². The van der Waals surface area contributed by atoms with Crippen LogP contribution in [0.5, 0.6) is 0 Å². The predicted molar refractivity (Wildman–Crippen MR) is 110 cm³/mol. The summed E-state index contributed by atoms with van der Waals surface area (Å²) in [7, 11) is -3.78. The van der Waals surface area contributed by atoms with Crippen LogP contribution in [0.25, 0.3) is 0 Å². The highest BCUT2D eigenvalue weighted by molar-refractivity contribution is 7.92. The number of amides is 1. The second-order valence-electron chi connectivity index (χ2n) is 6.74. The van der Waals surface area contributed by atoms with Crippen molar-refractivity contribution in [3.05, 3.63) is 59.2 Å². The SMILES string of the molecule is CCCN(CCC)C(=O)c1cccc(S(=O)(=O)Nc2ccc(C)cc2C)c1. The number of nitrogens with one attached hydrogen (secondary N) is 1. The Kier molecular flexibility index (Phi) is 7.02. The van der Waals surface area contributed by atoms with E-state index in [2.05, 4.69) is 4.72 Å². The zero-order chi connectivity index (χ0) is 20.0. The monoisotopic (exact) mass is 388 g/mol. The summed E-state index contributed by atoms with van der Waals surface area (Å²) in [4.78, 5) is 14.6. The van der Waals surface area contributed by atoms with Crippen LogP contribution in [0.3, 0.4) is 0 Å². The fraction of sp³-hybridized carbons (Fsp3) is 0.381. The van der Waals surface area contributed by atoms with Crippen molar-refractivity contribution < 1.29 is 13.2 Å². The summed E-state index contributed by atoms with van der Waals surface area (Å²) in [5.74, 6) is -0.137. The van der Waals surface area contributed by atoms with Gasteiger partial charge in [-0.05, 0) is 56.5 Å². The van der Waals surface area contributed by atoms with Crippen molar-refractivity contribution in [2.24, 2.45) is 0 Å². The van der Waals surface area contributed by atoms with Crippen molar-refractivity contribution in [2.45, 2.75) is 45.4 Å². The third-order valence-corrected chi connectivity index (χ3v) is 5.65. The van der Waals surface area contributed by atoms with Gasteiger partial charge in [0, 0.05) is 18.7 Å². The standard InChI is InChI=1S/C21H28N2O3S/c1-5-12-23(13-6-2)21(24)18-8-7-9-19(15-18)27(25,26)22-20-11-10-16(3)14-17(20)4/h7-11,14-15,22H,5-6,12-13H2,1-4H3. The number of carbonyl (C=O) groups is 1. The van der Waals surface area contributed by atoms with Crippen molar-refractivity contribution in [2.75, 3.05) is 17.8 Å². The molecule has 0 aliphatic rings. The molecule has 0 aliphatic heterocycles. The van der Waals surface area contributed by atoms with Gasteiger partial charge in [0.2, 0.25) is 0 Å². The molecular formula is C21H28N2O3S. The van der Waals surface area contributed by atoms with E-state index in [9.17, 15) is 13.2 Å². The lowest BCUT2D eigenvalue weighted by Crippen LogP contribution is -2.32. The van der Waals surface area contributed by atoms with Gasteiger partial charge in [0.1, 0.15) is 0 Å². The quantitative estimate of drug-likeness (QED) is 0.730. The maximum atomic E-state index is 12.8. The Morgan fingerprint density at radius 1 is 1.00 bits per heavy atom. The first-order chi connectivity index (χ1) is 12.8. The Morgan fingerprint density at radius 3 is 2.26 bits per heavy atom. The second kappa shape index (κ2) is 9.04. The number of anilines is 1. The molecule has 0 fully saturated rings. The van der Waals surface area contributed by atoms with Crippen molar-refractivity contribution in [3.63, 3.8) is 0 Å². The van der Waals surface area contributed by atoms with Crippen LogP contribution in [-0.2, 0) is 10.0 Å². The lowest BCUT2D eigenvalue weighted by molar-refractivity contribution is 0.0755. The highest BCUT2D eigenvalue weighted by atomic mass is 32.2. The van der Waals surface area contributed by atoms with Gasteiger partial charge in [0.25, 0.3) is 15.9 Å². The van der Waals surface area contributed by atoms with Gasteiger partial charge >= 0.3 is 0 Å². The minimum absolute atomic E-state index is 0.0845. The van der Waals surface area contributed by atoms with E-state index in [1.807, 2.05) is 39.8 Å². The molecule has 0 aliphatic carbocycles. The van der Waals surface area contributed by atoms with Crippen LogP contribution in [-0.4, -0.2) is 32.3 Å². The number of hydrogen-bond acceptors (Lipinski definition) is 3. The summed E-state index contributed by atoms with van der Waals surface area (Å²) in [5.41, 5.74) is 2.84. The number of carbonyl (C=O) groups excluding carboxylic acids is 1. The van der Waals surface area contributed by atoms with Crippen LogP contribution >= 0.6 is 0 Å². The Bertz CT molecular complexity index is 901. The van der Waals surface area contributed by atoms with Gasteiger partial charge in [-0.15, -0.1) is 0 Å². The predicted octanol–water partition coefficient (Wildman–Crippen LogP) is 4.37. The fourth-order valence-corrected chi connectivity index (χ4v) is 4.14. The molecule has 0 heterocycles. The molecule has 0 atom stereocenters. The van der Waals surface area contributed by atoms with Crippen LogP contribution in [0.1, 0.15) is 48.2 Å². The third-order valence-electron chi connectivity index (χ3n) is 4.29. The molecule has 27 heavy (non-hydrogen) atoms. The lowest BCUT2D eigenvalue weighted by atomic mass is 10.1. The van der Waals surface area contributed by atoms with Gasteiger partial charge in [0.15, 0.2) is 0 Å². The normalized spacial score (nSPS) is 11.3. The Labute approximate surface area is 162 Å². The maximum absolute atomic E-state index is 12.8. The van der Waals surface area contributed by atoms with Gasteiger partial charge in [0.05, 0.1) is 10.6 Å². The molecule has 2 aromatic carbocycles. The maximum Gasteiger partial charge on any atom is 0.261 e. The zero-order valence-electron chi connectivity index (χ0n) is 16.5. The summed E-state index contributed by atoms with van der Waals surface area (Å²) in [6.07, 6.45) is 1.72. The van der Waals surface area contributed by atoms with Crippen LogP contribution in [0.15, 0.2) is 47.4 Å². The van der Waals surface area contributed by atoms with E-state index in [0.717, 1.165) is 24.0 Å². The zero-order valence-corrected chi connectivity index (χ0v) is 17.3. The van der Waals surface area contributed by atoms with E-state index in [0.29, 0.717) is 24.3 Å². The number of nitrogens with zero attached hydrogens (tertiary/aromatic N) is 1. The molecule has 1 amide bonds. The van der Waals surface area contributed by atoms with E-state index in [1.165, 1.54) is 12.1 Å². The summed E-state index contributed by atoms with van der Waals surface area (Å²) in [6, 6.07) is 11.8. The first-order valence-electron chi connectivity index (χ1n) is 9.28. The van der Waals surface area contributed by atoms with E-state index in [4.69, 9.17) is 0 Å². The van der Waals surface area contributed by atoms with Crippen LogP contribution < -0.4 is 4.72 Å². The molecule has 0 aromatic heterocycles. The summed E-state index contributed by atoms with van der Waals surface area (Å²) in [6.45, 7) is 9.17. The third kappa shape index (κ3) is 5.32. The van der Waals surface area contributed by atoms with E-state index >= 15 is 0 Å². The number of benzene rings is 2. The molecule has 0 unspecified atom stereocenters. The highest BCUT2D eigenvalue weighted by Gasteiger charge is 2.19. The van der Waals surface area contributed by atoms with Crippen molar-refractivity contribution in [1.29, 1.82) is 0 Å². The molecule has 1 N–H and O–H groups in total. The van der Waals surface area contributed by atoms with Gasteiger partial charge in [-0.3, -0.25) is 9.52 Å². The van der Waals surface area contributed by atoms with Crippen LogP contribution in [0, 0.1) is 13.8 Å². The Balaban J connectivity index is 2.30. The molecule has 0 radical (unpaired) electrons. The van der Waals surface area contributed by atoms with E-state index < -0.39 is 10.0 Å². The highest BCUT2D eigenvalue weighted by Crippen LogP contribution is 2.21. The minimum Gasteiger partial charge on any atom is -0.339 e. The molecule has 0 bridgehead atoms. The first-order valence-corrected chi connectivity index (χ1v) is 10.8. The van der Waals surface area contributed by atoms with E-state index in [1.54, 1.807) is 23.1 Å². The van der Waals surface area contributed by atoms with Crippen LogP contribution in [0.2, 0.25) is 0 Å². The fourth-order valence-electron chi connectivity index (χ4n) is 2.97. The summed E-state index contributed by atoms with van der Waals surface area (Å²) in [5, 5.41) is 0. The summed E-state index contributed by atoms with van der Waals surface area (Å²) >= 11 is 0. The molecule has 0 spiro atoms. The lowest BCUT2D eigenvalue weighted by Gasteiger charge is -2.21. The molecule has 2 rings (SSSR count). The molecule has 6 heteroatoms. The minimum atomic E-state index is -3.78. The van der Waals surface area contributed by atoms with Crippen molar-refractivity contribution in [1.82, 2.24) is 4.90 Å². The van der Waals surface area contributed by atoms with Gasteiger partial charge in [-0.2, -0.15) is 0 Å². The van der Waals surface area contributed by atoms with Crippen molar-refractivity contribution >= 4 is 21.6 Å². The van der Waals surface area contributed by atoms with Crippen molar-refractivity contribution in [3.8, 4) is 0 Å². The van der Waals surface area contributed by atoms with Gasteiger partial charge in [-0.1, -0.05) is 37.6 Å². The first kappa shape index (κ1) is 21.0. The van der Waals surface area contributed by atoms with Gasteiger partial charge in [-0.25, -0.2) is 8.42 Å². The van der Waals surface area contributed by atoms with E-state index in [-0.39, 0.29) is 10.8 Å². The number of sulfonamides is 1. The smallest absolute Gasteiger partial charge is 0.261 e. The molecule has 5 nitrogen and oxygen atoms in total.